The molecule has 0 unspecified atom stereocenters. The van der Waals surface area contributed by atoms with Gasteiger partial charge >= 0.3 is 6.03 Å². The van der Waals surface area contributed by atoms with Crippen LogP contribution in [0.4, 0.5) is 10.7 Å². The maximum Gasteiger partial charge on any atom is 0.318 e. The van der Waals surface area contributed by atoms with E-state index in [9.17, 15) is 4.79 Å². The Bertz CT molecular complexity index is 596. The Kier molecular flexibility index (Phi) is 4.53. The molecule has 0 bridgehead atoms. The van der Waals surface area contributed by atoms with Gasteiger partial charge in [0.1, 0.15) is 0 Å². The van der Waals surface area contributed by atoms with Crippen molar-refractivity contribution in [3.05, 3.63) is 40.8 Å². The van der Waals surface area contributed by atoms with Crippen molar-refractivity contribution in [3.8, 4) is 0 Å². The van der Waals surface area contributed by atoms with Crippen molar-refractivity contribution in [2.75, 3.05) is 31.1 Å². The standard InChI is InChI=1S/C15H19N5OS/c1-12(13-4-2-11-22-13)18-15(21)20-9-7-19(8-10-20)14-16-5-3-6-17-14/h2-6,11-12H,7-10H2,1H3,(H,18,21)/t12-/m0/s1. The summed E-state index contributed by atoms with van der Waals surface area (Å²) in [6.07, 6.45) is 3.48. The van der Waals surface area contributed by atoms with Crippen LogP contribution in [0.3, 0.4) is 0 Å². The van der Waals surface area contributed by atoms with E-state index in [0.717, 1.165) is 19.0 Å². The van der Waals surface area contributed by atoms with Crippen LogP contribution in [-0.2, 0) is 0 Å². The third-order valence-electron chi connectivity index (χ3n) is 3.71. The van der Waals surface area contributed by atoms with E-state index in [4.69, 9.17) is 0 Å². The first kappa shape index (κ1) is 14.8. The maximum atomic E-state index is 12.3. The summed E-state index contributed by atoms with van der Waals surface area (Å²) >= 11 is 1.66. The number of amides is 2. The molecule has 1 saturated heterocycles. The molecule has 0 saturated carbocycles. The molecule has 7 heteroatoms. The molecule has 1 aliphatic rings. The van der Waals surface area contributed by atoms with Gasteiger partial charge < -0.3 is 15.1 Å². The second-order valence-corrected chi connectivity index (χ2v) is 6.19. The van der Waals surface area contributed by atoms with Crippen molar-refractivity contribution in [2.24, 2.45) is 0 Å². The van der Waals surface area contributed by atoms with Gasteiger partial charge in [-0.3, -0.25) is 0 Å². The number of thiophene rings is 1. The number of anilines is 1. The number of piperazine rings is 1. The molecule has 6 nitrogen and oxygen atoms in total. The van der Waals surface area contributed by atoms with Gasteiger partial charge in [0.2, 0.25) is 5.95 Å². The molecule has 3 rings (SSSR count). The second-order valence-electron chi connectivity index (χ2n) is 5.21. The van der Waals surface area contributed by atoms with Crippen LogP contribution in [0.5, 0.6) is 0 Å². The number of aromatic nitrogens is 2. The second kappa shape index (κ2) is 6.74. The Morgan fingerprint density at radius 3 is 2.59 bits per heavy atom. The zero-order valence-corrected chi connectivity index (χ0v) is 13.3. The molecule has 0 spiro atoms. The predicted molar refractivity (Wildman–Crippen MR) is 87.1 cm³/mol. The largest absolute Gasteiger partial charge is 0.337 e. The maximum absolute atomic E-state index is 12.3. The van der Waals surface area contributed by atoms with Gasteiger partial charge in [-0.2, -0.15) is 0 Å². The number of carbonyl (C=O) groups is 1. The van der Waals surface area contributed by atoms with E-state index < -0.39 is 0 Å². The smallest absolute Gasteiger partial charge is 0.318 e. The fraction of sp³-hybridized carbons (Fsp3) is 0.400. The van der Waals surface area contributed by atoms with Crippen molar-refractivity contribution in [2.45, 2.75) is 13.0 Å². The van der Waals surface area contributed by atoms with E-state index in [1.807, 2.05) is 29.3 Å². The molecule has 2 aromatic rings. The number of hydrogen-bond acceptors (Lipinski definition) is 5. The van der Waals surface area contributed by atoms with E-state index in [-0.39, 0.29) is 12.1 Å². The van der Waals surface area contributed by atoms with Crippen LogP contribution in [0.2, 0.25) is 0 Å². The third kappa shape index (κ3) is 3.36. The van der Waals surface area contributed by atoms with E-state index in [1.165, 1.54) is 4.88 Å². The number of nitrogens with one attached hydrogen (secondary N) is 1. The Morgan fingerprint density at radius 2 is 1.95 bits per heavy atom. The molecular weight excluding hydrogens is 298 g/mol. The van der Waals surface area contributed by atoms with Crippen molar-refractivity contribution < 1.29 is 4.79 Å². The van der Waals surface area contributed by atoms with E-state index in [1.54, 1.807) is 29.8 Å². The fourth-order valence-electron chi connectivity index (χ4n) is 2.45. The summed E-state index contributed by atoms with van der Waals surface area (Å²) in [7, 11) is 0. The first-order valence-electron chi connectivity index (χ1n) is 7.35. The van der Waals surface area contributed by atoms with Gasteiger partial charge in [0.05, 0.1) is 6.04 Å². The van der Waals surface area contributed by atoms with Gasteiger partial charge in [0.15, 0.2) is 0 Å². The van der Waals surface area contributed by atoms with Gasteiger partial charge in [0.25, 0.3) is 0 Å². The van der Waals surface area contributed by atoms with E-state index in [2.05, 4.69) is 20.2 Å². The van der Waals surface area contributed by atoms with Gasteiger partial charge in [-0.1, -0.05) is 6.07 Å². The monoisotopic (exact) mass is 317 g/mol. The highest BCUT2D eigenvalue weighted by molar-refractivity contribution is 7.10. The van der Waals surface area contributed by atoms with Gasteiger partial charge in [-0.15, -0.1) is 11.3 Å². The minimum atomic E-state index is -0.00506. The van der Waals surface area contributed by atoms with E-state index in [0.29, 0.717) is 13.1 Å². The van der Waals surface area contributed by atoms with E-state index >= 15 is 0 Å². The molecule has 116 valence electrons. The lowest BCUT2D eigenvalue weighted by Crippen LogP contribution is -2.52. The van der Waals surface area contributed by atoms with Crippen LogP contribution in [0.1, 0.15) is 17.8 Å². The molecule has 0 aromatic carbocycles. The Morgan fingerprint density at radius 1 is 1.23 bits per heavy atom. The highest BCUT2D eigenvalue weighted by Crippen LogP contribution is 2.18. The normalized spacial score (nSPS) is 16.4. The quantitative estimate of drug-likeness (QED) is 0.942. The number of nitrogens with zero attached hydrogens (tertiary/aromatic N) is 4. The lowest BCUT2D eigenvalue weighted by molar-refractivity contribution is 0.191. The predicted octanol–water partition coefficient (Wildman–Crippen LogP) is 2.13. The Balaban J connectivity index is 1.52. The average molecular weight is 317 g/mol. The first-order chi connectivity index (χ1) is 10.7. The van der Waals surface area contributed by atoms with Gasteiger partial charge in [0, 0.05) is 43.4 Å². The summed E-state index contributed by atoms with van der Waals surface area (Å²) in [6, 6.07) is 5.89. The summed E-state index contributed by atoms with van der Waals surface area (Å²) in [6.45, 7) is 4.88. The lowest BCUT2D eigenvalue weighted by Gasteiger charge is -2.35. The van der Waals surface area contributed by atoms with Crippen molar-refractivity contribution in [1.82, 2.24) is 20.2 Å². The fourth-order valence-corrected chi connectivity index (χ4v) is 3.18. The molecule has 1 fully saturated rings. The Labute approximate surface area is 133 Å². The molecule has 2 aromatic heterocycles. The molecule has 22 heavy (non-hydrogen) atoms. The van der Waals surface area contributed by atoms with Crippen molar-refractivity contribution >= 4 is 23.3 Å². The molecule has 1 N–H and O–H groups in total. The van der Waals surface area contributed by atoms with Crippen LogP contribution in [0.15, 0.2) is 36.0 Å². The zero-order chi connectivity index (χ0) is 15.4. The highest BCUT2D eigenvalue weighted by atomic mass is 32.1. The third-order valence-corrected chi connectivity index (χ3v) is 4.77. The molecular formula is C15H19N5OS. The summed E-state index contributed by atoms with van der Waals surface area (Å²) in [5, 5.41) is 5.08. The molecule has 1 atom stereocenters. The summed E-state index contributed by atoms with van der Waals surface area (Å²) in [5.74, 6) is 0.731. The van der Waals surface area contributed by atoms with Crippen molar-refractivity contribution in [1.29, 1.82) is 0 Å². The average Bonchev–Trinajstić information content (AvgIpc) is 3.10. The minimum absolute atomic E-state index is 0.00506. The molecule has 1 aliphatic heterocycles. The van der Waals surface area contributed by atoms with Crippen molar-refractivity contribution in [3.63, 3.8) is 0 Å². The van der Waals surface area contributed by atoms with Crippen LogP contribution < -0.4 is 10.2 Å². The number of urea groups is 1. The lowest BCUT2D eigenvalue weighted by atomic mass is 10.3. The summed E-state index contributed by atoms with van der Waals surface area (Å²) in [4.78, 5) is 25.9. The number of carbonyl (C=O) groups excluding carboxylic acids is 1. The SMILES string of the molecule is C[C@H](NC(=O)N1CCN(c2ncccn2)CC1)c1cccs1. The molecule has 2 amide bonds. The van der Waals surface area contributed by atoms with Crippen LogP contribution >= 0.6 is 11.3 Å². The highest BCUT2D eigenvalue weighted by Gasteiger charge is 2.23. The molecule has 0 radical (unpaired) electrons. The first-order valence-corrected chi connectivity index (χ1v) is 8.23. The van der Waals surface area contributed by atoms with Gasteiger partial charge in [-0.05, 0) is 24.4 Å². The van der Waals surface area contributed by atoms with Gasteiger partial charge in [-0.25, -0.2) is 14.8 Å². The van der Waals surface area contributed by atoms with Crippen LogP contribution in [-0.4, -0.2) is 47.1 Å². The number of rotatable bonds is 3. The zero-order valence-electron chi connectivity index (χ0n) is 12.5. The number of hydrogen-bond donors (Lipinski definition) is 1. The molecule has 0 aliphatic carbocycles. The van der Waals surface area contributed by atoms with Crippen LogP contribution in [0.25, 0.3) is 0 Å². The summed E-state index contributed by atoms with van der Waals surface area (Å²) < 4.78 is 0. The van der Waals surface area contributed by atoms with Crippen LogP contribution in [0, 0.1) is 0 Å². The minimum Gasteiger partial charge on any atom is -0.337 e. The Hall–Kier alpha value is -2.15. The summed E-state index contributed by atoms with van der Waals surface area (Å²) in [5.41, 5.74) is 0. The molecule has 3 heterocycles. The topological polar surface area (TPSA) is 61.4 Å².